The van der Waals surface area contributed by atoms with Crippen molar-refractivity contribution in [3.8, 4) is 0 Å². The summed E-state index contributed by atoms with van der Waals surface area (Å²) >= 11 is 0. The number of methoxy groups -OCH3 is 3. The lowest BCUT2D eigenvalue weighted by molar-refractivity contribution is -0.373. The Labute approximate surface area is 474 Å². The van der Waals surface area contributed by atoms with E-state index in [0.29, 0.717) is 44.9 Å². The quantitative estimate of drug-likeness (QED) is 0.0743. The number of carbonyl (C=O) groups is 3. The minimum absolute atomic E-state index is 0.0823. The second kappa shape index (κ2) is 25.5. The molecule has 4 saturated heterocycles. The molecule has 0 unspecified atom stereocenters. The van der Waals surface area contributed by atoms with E-state index in [4.69, 9.17) is 61.6 Å². The Morgan fingerprint density at radius 1 is 0.654 bits per heavy atom. The Kier molecular flexibility index (Phi) is 19.6. The molecule has 0 aromatic heterocycles. The minimum atomic E-state index is -1.68. The smallest absolute Gasteiger partial charge is 0.331 e. The lowest BCUT2D eigenvalue weighted by Gasteiger charge is -2.66. The topological polar surface area (TPSA) is 293 Å². The summed E-state index contributed by atoms with van der Waals surface area (Å²) in [4.78, 5) is 40.6. The van der Waals surface area contributed by atoms with Crippen LogP contribution in [0.2, 0.25) is 0 Å². The lowest BCUT2D eigenvalue weighted by Crippen LogP contribution is -2.73. The highest BCUT2D eigenvalue weighted by Crippen LogP contribution is 2.70. The Morgan fingerprint density at radius 2 is 1.27 bits per heavy atom. The molecule has 8 fully saturated rings. The van der Waals surface area contributed by atoms with Crippen LogP contribution in [0.4, 0.5) is 0 Å². The number of rotatable bonds is 17. The number of benzene rings is 1. The molecule has 6 N–H and O–H groups in total. The molecule has 9 rings (SSSR count). The average Bonchev–Trinajstić information content (AvgIpc) is 2.77. The number of ether oxygens (including phenoxy) is 13. The van der Waals surface area contributed by atoms with Crippen LogP contribution in [0.3, 0.4) is 0 Å². The number of esters is 2. The Bertz CT molecular complexity index is 2330. The molecule has 4 aliphatic heterocycles. The van der Waals surface area contributed by atoms with E-state index in [1.54, 1.807) is 27.0 Å². The number of ketones is 1. The first kappa shape index (κ1) is 62.4. The predicted molar refractivity (Wildman–Crippen MR) is 283 cm³/mol. The van der Waals surface area contributed by atoms with E-state index in [-0.39, 0.29) is 30.1 Å². The highest BCUT2D eigenvalue weighted by Gasteiger charge is 2.76. The second-order valence-electron chi connectivity index (χ2n) is 24.5. The van der Waals surface area contributed by atoms with Gasteiger partial charge in [-0.05, 0) is 102 Å². The summed E-state index contributed by atoms with van der Waals surface area (Å²) in [5.41, 5.74) is -2.28. The third-order valence-electron chi connectivity index (χ3n) is 20.0. The number of Topliss-reactive ketones (excluding diaryl/α,β-unsaturated/α-hetero) is 1. The van der Waals surface area contributed by atoms with Crippen LogP contribution < -0.4 is 0 Å². The molecule has 0 spiro atoms. The van der Waals surface area contributed by atoms with Crippen LogP contribution in [0.25, 0.3) is 6.08 Å². The molecule has 22 nitrogen and oxygen atoms in total. The maximum absolute atomic E-state index is 13.9. The van der Waals surface area contributed by atoms with Gasteiger partial charge in [0.1, 0.15) is 72.9 Å². The monoisotopic (exact) mass is 1150 g/mol. The van der Waals surface area contributed by atoms with Crippen LogP contribution in [0.15, 0.2) is 36.4 Å². The van der Waals surface area contributed by atoms with Gasteiger partial charge in [0.15, 0.2) is 25.2 Å². The number of hydrogen-bond donors (Lipinski definition) is 6. The lowest BCUT2D eigenvalue weighted by atomic mass is 9.41. The maximum atomic E-state index is 13.9. The second-order valence-corrected chi connectivity index (χ2v) is 24.5. The molecule has 22 heteroatoms. The largest absolute Gasteiger partial charge is 0.458 e. The summed E-state index contributed by atoms with van der Waals surface area (Å²) in [5.74, 6) is -2.55. The van der Waals surface area contributed by atoms with Gasteiger partial charge in [-0.2, -0.15) is 0 Å². The van der Waals surface area contributed by atoms with Crippen molar-refractivity contribution in [3.63, 3.8) is 0 Å². The molecule has 4 saturated carbocycles. The molecule has 456 valence electrons. The van der Waals surface area contributed by atoms with Crippen molar-refractivity contribution in [2.45, 2.75) is 241 Å². The van der Waals surface area contributed by atoms with E-state index < -0.39 is 170 Å². The van der Waals surface area contributed by atoms with Crippen molar-refractivity contribution >= 4 is 23.8 Å². The number of aliphatic hydroxyl groups excluding tert-OH is 5. The van der Waals surface area contributed by atoms with Gasteiger partial charge in [0.25, 0.3) is 0 Å². The van der Waals surface area contributed by atoms with Crippen molar-refractivity contribution in [1.82, 2.24) is 0 Å². The van der Waals surface area contributed by atoms with Crippen molar-refractivity contribution in [2.24, 2.45) is 34.5 Å². The average molecular weight is 1150 g/mol. The zero-order valence-electron chi connectivity index (χ0n) is 48.3. The normalized spacial score (nSPS) is 48.1. The molecule has 0 radical (unpaired) electrons. The van der Waals surface area contributed by atoms with E-state index in [1.807, 2.05) is 44.2 Å². The number of hydrogen-bond acceptors (Lipinski definition) is 22. The van der Waals surface area contributed by atoms with Crippen molar-refractivity contribution in [3.05, 3.63) is 42.0 Å². The van der Waals surface area contributed by atoms with E-state index in [1.165, 1.54) is 34.1 Å². The summed E-state index contributed by atoms with van der Waals surface area (Å²) in [6.07, 6.45) is -12.7. The van der Waals surface area contributed by atoms with Gasteiger partial charge >= 0.3 is 11.9 Å². The highest BCUT2D eigenvalue weighted by molar-refractivity contribution is 5.87. The molecule has 28 atom stereocenters. The van der Waals surface area contributed by atoms with Gasteiger partial charge < -0.3 is 92.2 Å². The first-order valence-electron chi connectivity index (χ1n) is 29.0. The molecule has 1 aromatic carbocycles. The fourth-order valence-corrected chi connectivity index (χ4v) is 15.8. The van der Waals surface area contributed by atoms with Crippen LogP contribution in [0, 0.1) is 34.5 Å². The summed E-state index contributed by atoms with van der Waals surface area (Å²) < 4.78 is 81.0. The Hall–Kier alpha value is -3.11. The molecular formula is C59H88O22. The van der Waals surface area contributed by atoms with Crippen LogP contribution in [-0.4, -0.2) is 211 Å². The molecule has 4 aliphatic carbocycles. The first-order chi connectivity index (χ1) is 38.5. The van der Waals surface area contributed by atoms with Gasteiger partial charge in [-0.3, -0.25) is 9.59 Å². The number of fused-ring (bicyclic) bond motifs is 5. The Morgan fingerprint density at radius 3 is 1.89 bits per heavy atom. The number of aliphatic hydroxyl groups is 6. The van der Waals surface area contributed by atoms with E-state index in [0.717, 1.165) is 12.0 Å². The zero-order chi connectivity index (χ0) is 58.5. The zero-order valence-corrected chi connectivity index (χ0v) is 48.3. The molecule has 8 aliphatic rings. The van der Waals surface area contributed by atoms with Gasteiger partial charge in [-0.15, -0.1) is 0 Å². The number of carbonyl (C=O) groups excluding carboxylic acids is 3. The van der Waals surface area contributed by atoms with Gasteiger partial charge in [-0.1, -0.05) is 44.2 Å². The summed E-state index contributed by atoms with van der Waals surface area (Å²) in [6, 6.07) is 9.34. The summed E-state index contributed by atoms with van der Waals surface area (Å²) in [6.45, 7) is 11.6. The SMILES string of the molecule is CO[C@@H]1[C@@H](O)[C@H](O[C@H]2[C@@H](OC)C[C@@H](O[C@H]3[C@@H](OC)C[C@@H](O[C@H]4CC[C@]5(C)[C@H](CC[C@H]6[C@@H]5[C@H](OC(C)=O)[C@@H](OC(=O)C=Cc5ccccc5)[C@@]5(C)[C@H](C(C)=O)CC[C@@]65O)C4)O[C@@H]3C)O[C@@H]2C)O[C@H](C)[C@H]1O[C@@H]1O[C@@H](CO)[C@@H](O)[C@@H](O)[C@H]1O. The molecule has 0 bridgehead atoms. The molecule has 81 heavy (non-hydrogen) atoms. The molecule has 0 amide bonds. The third-order valence-corrected chi connectivity index (χ3v) is 20.0. The van der Waals surface area contributed by atoms with E-state index >= 15 is 0 Å². The van der Waals surface area contributed by atoms with Crippen molar-refractivity contribution < 1.29 is 107 Å². The standard InChI is InChI=1S/C59H88O22/c1-28(61)36-21-23-59(68)37-18-17-34-24-35(20-22-57(34,6)44(37)52(75-32(5)62)54(58(36,59)7)78-41(63)19-16-33-14-12-11-13-15-33)76-42-25-38(69-8)49(29(2)72-42)79-43-26-39(70-9)50(30(3)73-43)80-56-48(67)53(71-10)51(31(4)74-56)81-55-47(66)46(65)45(64)40(27-60)77-55/h11-16,19,29-31,34-40,42-56,60,64-68H,17-18,20-27H2,1-10H3/t29-,30-,31-,34-,35+,36+,37+,38+,39+,40+,42-,43-,44-,45-,46-,47-,48-,49-,50-,51-,52+,53-,54-,55+,56+,57-,58-,59-/m1/s1. The van der Waals surface area contributed by atoms with Gasteiger partial charge in [0.05, 0.1) is 48.8 Å². The fraction of sp³-hybridized carbons (Fsp3) is 0.814. The van der Waals surface area contributed by atoms with Crippen LogP contribution >= 0.6 is 0 Å². The first-order valence-corrected chi connectivity index (χ1v) is 29.0. The molecular weight excluding hydrogens is 1060 g/mol. The fourth-order valence-electron chi connectivity index (χ4n) is 15.8. The van der Waals surface area contributed by atoms with Gasteiger partial charge in [0, 0.05) is 64.4 Å². The van der Waals surface area contributed by atoms with Crippen molar-refractivity contribution in [2.75, 3.05) is 27.9 Å². The molecule has 1 aromatic rings. The summed E-state index contributed by atoms with van der Waals surface area (Å²) in [7, 11) is 4.52. The minimum Gasteiger partial charge on any atom is -0.458 e. The van der Waals surface area contributed by atoms with E-state index in [9.17, 15) is 45.0 Å². The third kappa shape index (κ3) is 12.0. The summed E-state index contributed by atoms with van der Waals surface area (Å²) in [5, 5.41) is 65.7. The van der Waals surface area contributed by atoms with E-state index in [2.05, 4.69) is 6.92 Å². The predicted octanol–water partition coefficient (Wildman–Crippen LogP) is 2.89. The van der Waals surface area contributed by atoms with Gasteiger partial charge in [0.2, 0.25) is 0 Å². The van der Waals surface area contributed by atoms with Gasteiger partial charge in [-0.25, -0.2) is 4.79 Å². The molecule has 4 heterocycles. The van der Waals surface area contributed by atoms with Crippen LogP contribution in [-0.2, 0) is 76.0 Å². The maximum Gasteiger partial charge on any atom is 0.331 e. The Balaban J connectivity index is 0.825. The highest BCUT2D eigenvalue weighted by atomic mass is 16.8. The van der Waals surface area contributed by atoms with Crippen LogP contribution in [0.1, 0.15) is 112 Å². The van der Waals surface area contributed by atoms with Crippen molar-refractivity contribution in [1.29, 1.82) is 0 Å². The van der Waals surface area contributed by atoms with Crippen LogP contribution in [0.5, 0.6) is 0 Å².